The first-order valence-corrected chi connectivity index (χ1v) is 9.91. The molecule has 3 aromatic rings. The van der Waals surface area contributed by atoms with E-state index in [1.54, 1.807) is 30.5 Å². The van der Waals surface area contributed by atoms with E-state index in [0.29, 0.717) is 33.3 Å². The Labute approximate surface area is 163 Å². The summed E-state index contributed by atoms with van der Waals surface area (Å²) in [6.45, 7) is 2.08. The van der Waals surface area contributed by atoms with Crippen LogP contribution in [-0.2, 0) is 20.7 Å². The monoisotopic (exact) mass is 401 g/mol. The highest BCUT2D eigenvalue weighted by Gasteiger charge is 2.17. The maximum absolute atomic E-state index is 12.3. The molecule has 0 unspecified atom stereocenters. The number of anilines is 1. The molecule has 27 heavy (non-hydrogen) atoms. The molecule has 0 aliphatic rings. The Kier molecular flexibility index (Phi) is 6.11. The molecular weight excluding hydrogens is 386 g/mol. The molecular formula is C18H15N3O4S2. The number of amides is 1. The number of hydrogen-bond acceptors (Lipinski definition) is 8. The van der Waals surface area contributed by atoms with Gasteiger partial charge in [0.2, 0.25) is 11.7 Å². The summed E-state index contributed by atoms with van der Waals surface area (Å²) >= 11 is 2.62. The van der Waals surface area contributed by atoms with Crippen molar-refractivity contribution >= 4 is 51.6 Å². The third-order valence-electron chi connectivity index (χ3n) is 3.45. The van der Waals surface area contributed by atoms with E-state index in [2.05, 4.69) is 10.3 Å². The summed E-state index contributed by atoms with van der Waals surface area (Å²) in [5.41, 5.74) is 1.54. The summed E-state index contributed by atoms with van der Waals surface area (Å²) in [5.74, 6) is -0.407. The maximum Gasteiger partial charge on any atom is 0.311 e. The lowest BCUT2D eigenvalue weighted by Crippen LogP contribution is -2.14. The Bertz CT molecular complexity index is 1020. The van der Waals surface area contributed by atoms with Crippen molar-refractivity contribution in [1.29, 1.82) is 5.26 Å². The van der Waals surface area contributed by atoms with Gasteiger partial charge >= 0.3 is 5.97 Å². The topological polar surface area (TPSA) is 105 Å². The van der Waals surface area contributed by atoms with Crippen LogP contribution >= 0.6 is 23.1 Å². The SMILES string of the molecule is CCOC(=O)Cc1csc(SCC(=O)Nc2c(C#N)oc3ccccc23)n1. The fourth-order valence-corrected chi connectivity index (χ4v) is 3.99. The van der Waals surface area contributed by atoms with Gasteiger partial charge in [-0.05, 0) is 19.1 Å². The van der Waals surface area contributed by atoms with E-state index < -0.39 is 0 Å². The highest BCUT2D eigenvalue weighted by Crippen LogP contribution is 2.30. The first-order valence-electron chi connectivity index (χ1n) is 8.05. The minimum absolute atomic E-state index is 0.0699. The molecule has 0 bridgehead atoms. The van der Waals surface area contributed by atoms with E-state index in [4.69, 9.17) is 9.15 Å². The minimum atomic E-state index is -0.326. The number of carbonyl (C=O) groups excluding carboxylic acids is 2. The van der Waals surface area contributed by atoms with Crippen LogP contribution < -0.4 is 5.32 Å². The summed E-state index contributed by atoms with van der Waals surface area (Å²) in [4.78, 5) is 28.1. The largest absolute Gasteiger partial charge is 0.466 e. The standard InChI is InChI=1S/C18H15N3O4S2/c1-2-24-16(23)7-11-9-26-18(20-11)27-10-15(22)21-17-12-5-3-4-6-13(12)25-14(17)8-19/h3-6,9H,2,7,10H2,1H3,(H,21,22). The van der Waals surface area contributed by atoms with Gasteiger partial charge in [-0.15, -0.1) is 11.3 Å². The Morgan fingerprint density at radius 1 is 1.41 bits per heavy atom. The number of nitrogens with zero attached hydrogens (tertiary/aromatic N) is 2. The molecule has 2 heterocycles. The van der Waals surface area contributed by atoms with E-state index in [9.17, 15) is 14.9 Å². The van der Waals surface area contributed by atoms with Crippen LogP contribution in [0.1, 0.15) is 18.4 Å². The summed E-state index contributed by atoms with van der Waals surface area (Å²) in [5, 5.41) is 14.4. The van der Waals surface area contributed by atoms with Crippen LogP contribution in [-0.4, -0.2) is 29.2 Å². The normalized spacial score (nSPS) is 10.5. The molecule has 0 saturated heterocycles. The number of para-hydroxylation sites is 1. The average Bonchev–Trinajstić information content (AvgIpc) is 3.24. The van der Waals surface area contributed by atoms with Gasteiger partial charge in [0.25, 0.3) is 0 Å². The number of nitrogens with one attached hydrogen (secondary N) is 1. The molecule has 3 rings (SSSR count). The molecule has 0 fully saturated rings. The molecule has 1 N–H and O–H groups in total. The predicted molar refractivity (Wildman–Crippen MR) is 103 cm³/mol. The van der Waals surface area contributed by atoms with Crippen LogP contribution in [0.4, 0.5) is 5.69 Å². The first kappa shape index (κ1) is 18.9. The summed E-state index contributed by atoms with van der Waals surface area (Å²) in [7, 11) is 0. The number of carbonyl (C=O) groups is 2. The summed E-state index contributed by atoms with van der Waals surface area (Å²) in [6, 6.07) is 9.08. The van der Waals surface area contributed by atoms with Crippen molar-refractivity contribution in [3.63, 3.8) is 0 Å². The highest BCUT2D eigenvalue weighted by molar-refractivity contribution is 8.01. The lowest BCUT2D eigenvalue weighted by molar-refractivity contribution is -0.142. The smallest absolute Gasteiger partial charge is 0.311 e. The number of benzene rings is 1. The molecule has 2 aromatic heterocycles. The van der Waals surface area contributed by atoms with Gasteiger partial charge in [0.15, 0.2) is 4.34 Å². The van der Waals surface area contributed by atoms with Gasteiger partial charge < -0.3 is 14.5 Å². The van der Waals surface area contributed by atoms with Crippen molar-refractivity contribution in [3.05, 3.63) is 41.1 Å². The van der Waals surface area contributed by atoms with E-state index in [1.165, 1.54) is 23.1 Å². The molecule has 1 aromatic carbocycles. The lowest BCUT2D eigenvalue weighted by Gasteiger charge is -2.02. The Balaban J connectivity index is 1.60. The van der Waals surface area contributed by atoms with Crippen LogP contribution in [0.25, 0.3) is 11.0 Å². The zero-order chi connectivity index (χ0) is 19.2. The Morgan fingerprint density at radius 2 is 2.22 bits per heavy atom. The van der Waals surface area contributed by atoms with E-state index in [-0.39, 0.29) is 29.8 Å². The third-order valence-corrected chi connectivity index (χ3v) is 5.52. The van der Waals surface area contributed by atoms with E-state index in [0.717, 1.165) is 0 Å². The Hall–Kier alpha value is -2.83. The minimum Gasteiger partial charge on any atom is -0.466 e. The van der Waals surface area contributed by atoms with Crippen molar-refractivity contribution in [1.82, 2.24) is 4.98 Å². The number of hydrogen-bond donors (Lipinski definition) is 1. The molecule has 0 atom stereocenters. The van der Waals surface area contributed by atoms with Gasteiger partial charge in [0.1, 0.15) is 17.3 Å². The van der Waals surface area contributed by atoms with Crippen LogP contribution in [0.15, 0.2) is 38.4 Å². The van der Waals surface area contributed by atoms with E-state index in [1.807, 2.05) is 12.1 Å². The fourth-order valence-electron chi connectivity index (χ4n) is 2.35. The lowest BCUT2D eigenvalue weighted by atomic mass is 10.2. The van der Waals surface area contributed by atoms with E-state index >= 15 is 0 Å². The summed E-state index contributed by atoms with van der Waals surface area (Å²) in [6.07, 6.45) is 0.115. The van der Waals surface area contributed by atoms with Crippen LogP contribution in [0, 0.1) is 11.3 Å². The number of rotatable bonds is 7. The third kappa shape index (κ3) is 4.67. The Morgan fingerprint density at radius 3 is 3.00 bits per heavy atom. The maximum atomic E-state index is 12.3. The zero-order valence-electron chi connectivity index (χ0n) is 14.4. The number of thioether (sulfide) groups is 1. The second-order valence-corrected chi connectivity index (χ2v) is 7.42. The highest BCUT2D eigenvalue weighted by atomic mass is 32.2. The molecule has 138 valence electrons. The predicted octanol–water partition coefficient (Wildman–Crippen LogP) is 3.60. The number of ether oxygens (including phenoxy) is 1. The van der Waals surface area contributed by atoms with Crippen molar-refractivity contribution in [2.24, 2.45) is 0 Å². The second kappa shape index (κ2) is 8.70. The van der Waals surface area contributed by atoms with Crippen LogP contribution in [0.5, 0.6) is 0 Å². The van der Waals surface area contributed by atoms with Crippen molar-refractivity contribution in [2.75, 3.05) is 17.7 Å². The quantitative estimate of drug-likeness (QED) is 0.476. The van der Waals surface area contributed by atoms with Gasteiger partial charge in [-0.3, -0.25) is 9.59 Å². The summed E-state index contributed by atoms with van der Waals surface area (Å²) < 4.78 is 11.0. The van der Waals surface area contributed by atoms with Crippen LogP contribution in [0.3, 0.4) is 0 Å². The molecule has 0 aliphatic carbocycles. The van der Waals surface area contributed by atoms with Gasteiger partial charge in [-0.1, -0.05) is 23.9 Å². The number of fused-ring (bicyclic) bond motifs is 1. The number of esters is 1. The number of aromatic nitrogens is 1. The first-order chi connectivity index (χ1) is 13.1. The van der Waals surface area contributed by atoms with Gasteiger partial charge in [-0.2, -0.15) is 5.26 Å². The molecule has 0 aliphatic heterocycles. The number of thiazole rings is 1. The van der Waals surface area contributed by atoms with Crippen LogP contribution in [0.2, 0.25) is 0 Å². The average molecular weight is 401 g/mol. The van der Waals surface area contributed by atoms with Crippen molar-refractivity contribution < 1.29 is 18.7 Å². The fraction of sp³-hybridized carbons (Fsp3) is 0.222. The molecule has 1 amide bonds. The van der Waals surface area contributed by atoms with Gasteiger partial charge in [-0.25, -0.2) is 4.98 Å². The van der Waals surface area contributed by atoms with Crippen molar-refractivity contribution in [2.45, 2.75) is 17.7 Å². The molecule has 0 saturated carbocycles. The molecule has 0 radical (unpaired) electrons. The van der Waals surface area contributed by atoms with Crippen molar-refractivity contribution in [3.8, 4) is 6.07 Å². The number of nitriles is 1. The molecule has 9 heteroatoms. The number of furan rings is 1. The molecule has 7 nitrogen and oxygen atoms in total. The van der Waals surface area contributed by atoms with Gasteiger partial charge in [0, 0.05) is 10.8 Å². The van der Waals surface area contributed by atoms with Gasteiger partial charge in [0.05, 0.1) is 24.5 Å². The molecule has 0 spiro atoms. The zero-order valence-corrected chi connectivity index (χ0v) is 16.0. The second-order valence-electron chi connectivity index (χ2n) is 5.34.